The molecule has 2 aromatic rings. The Kier molecular flexibility index (Phi) is 3.93. The molecule has 0 spiro atoms. The molecule has 2 nitrogen and oxygen atoms in total. The summed E-state index contributed by atoms with van der Waals surface area (Å²) in [4.78, 5) is 0. The minimum atomic E-state index is -0.202. The predicted octanol–water partition coefficient (Wildman–Crippen LogP) is 4.10. The summed E-state index contributed by atoms with van der Waals surface area (Å²) < 4.78 is 20.0. The van der Waals surface area contributed by atoms with Gasteiger partial charge in [-0.3, -0.25) is 0 Å². The van der Waals surface area contributed by atoms with Crippen LogP contribution in [0.4, 0.5) is 4.39 Å². The zero-order chi connectivity index (χ0) is 14.8. The quantitative estimate of drug-likeness (QED) is 0.913. The number of fused-ring (bicyclic) bond motifs is 1. The molecule has 0 amide bonds. The Balaban J connectivity index is 2.06. The molecule has 1 N–H and O–H groups in total. The van der Waals surface area contributed by atoms with Crippen molar-refractivity contribution >= 4 is 0 Å². The third-order valence-electron chi connectivity index (χ3n) is 4.01. The summed E-state index contributed by atoms with van der Waals surface area (Å²) in [6.07, 6.45) is 0.901. The highest BCUT2D eigenvalue weighted by Crippen LogP contribution is 2.38. The fourth-order valence-corrected chi connectivity index (χ4v) is 2.87. The van der Waals surface area contributed by atoms with Gasteiger partial charge in [-0.2, -0.15) is 0 Å². The van der Waals surface area contributed by atoms with Crippen LogP contribution in [0.2, 0.25) is 0 Å². The second kappa shape index (κ2) is 5.86. The second-order valence-corrected chi connectivity index (χ2v) is 5.41. The molecular weight excluding hydrogens is 265 g/mol. The van der Waals surface area contributed by atoms with Gasteiger partial charge in [-0.1, -0.05) is 31.2 Å². The van der Waals surface area contributed by atoms with Gasteiger partial charge in [-0.15, -0.1) is 0 Å². The minimum absolute atomic E-state index is 0.201. The van der Waals surface area contributed by atoms with E-state index in [1.54, 1.807) is 6.07 Å². The molecular formula is C18H20FNO. The van der Waals surface area contributed by atoms with Gasteiger partial charge in [0, 0.05) is 23.6 Å². The number of hydrogen-bond donors (Lipinski definition) is 1. The number of nitrogens with one attached hydrogen (secondary N) is 1. The fraction of sp³-hybridized carbons (Fsp3) is 0.333. The maximum Gasteiger partial charge on any atom is 0.131 e. The maximum atomic E-state index is 14.3. The van der Waals surface area contributed by atoms with Gasteiger partial charge in [-0.05, 0) is 36.7 Å². The van der Waals surface area contributed by atoms with Gasteiger partial charge in [0.05, 0.1) is 6.61 Å². The van der Waals surface area contributed by atoms with Crippen LogP contribution in [-0.2, 0) is 6.42 Å². The van der Waals surface area contributed by atoms with Gasteiger partial charge in [0.25, 0.3) is 0 Å². The van der Waals surface area contributed by atoms with Crippen LogP contribution >= 0.6 is 0 Å². The van der Waals surface area contributed by atoms with Crippen LogP contribution in [0.15, 0.2) is 36.4 Å². The largest absolute Gasteiger partial charge is 0.492 e. The summed E-state index contributed by atoms with van der Waals surface area (Å²) in [5.41, 5.74) is 3.73. The highest BCUT2D eigenvalue weighted by molar-refractivity contribution is 5.74. The second-order valence-electron chi connectivity index (χ2n) is 5.41. The third kappa shape index (κ3) is 2.66. The SMILES string of the molecule is CCNC(C)c1ccc(F)c(-c2cccc3c2OCC3)c1. The Bertz CT molecular complexity index is 654. The predicted molar refractivity (Wildman–Crippen MR) is 83.1 cm³/mol. The van der Waals surface area contributed by atoms with Gasteiger partial charge in [0.1, 0.15) is 11.6 Å². The molecule has 0 saturated carbocycles. The average molecular weight is 285 g/mol. The Labute approximate surface area is 125 Å². The minimum Gasteiger partial charge on any atom is -0.492 e. The molecule has 1 aliphatic rings. The van der Waals surface area contributed by atoms with Crippen molar-refractivity contribution < 1.29 is 9.13 Å². The summed E-state index contributed by atoms with van der Waals surface area (Å²) in [6, 6.07) is 11.5. The molecule has 0 radical (unpaired) electrons. The van der Waals surface area contributed by atoms with E-state index in [0.29, 0.717) is 12.2 Å². The molecule has 1 atom stereocenters. The lowest BCUT2D eigenvalue weighted by Crippen LogP contribution is -2.17. The molecule has 3 heteroatoms. The van der Waals surface area contributed by atoms with Crippen LogP contribution in [-0.4, -0.2) is 13.2 Å². The van der Waals surface area contributed by atoms with Gasteiger partial charge in [0.15, 0.2) is 0 Å². The molecule has 0 bridgehead atoms. The number of ether oxygens (including phenoxy) is 1. The lowest BCUT2D eigenvalue weighted by Gasteiger charge is -2.15. The number of hydrogen-bond acceptors (Lipinski definition) is 2. The molecule has 0 aliphatic carbocycles. The first-order valence-corrected chi connectivity index (χ1v) is 7.48. The lowest BCUT2D eigenvalue weighted by molar-refractivity contribution is 0.358. The summed E-state index contributed by atoms with van der Waals surface area (Å²) in [5.74, 6) is 0.635. The molecule has 1 unspecified atom stereocenters. The van der Waals surface area contributed by atoms with Crippen molar-refractivity contribution in [2.24, 2.45) is 0 Å². The monoisotopic (exact) mass is 285 g/mol. The molecule has 1 heterocycles. The van der Waals surface area contributed by atoms with Crippen molar-refractivity contribution in [3.8, 4) is 16.9 Å². The van der Waals surface area contributed by atoms with E-state index in [9.17, 15) is 4.39 Å². The van der Waals surface area contributed by atoms with Crippen LogP contribution in [0.1, 0.15) is 31.0 Å². The zero-order valence-electron chi connectivity index (χ0n) is 12.4. The van der Waals surface area contributed by atoms with Crippen molar-refractivity contribution in [3.05, 3.63) is 53.3 Å². The number of halogens is 1. The first-order valence-electron chi connectivity index (χ1n) is 7.48. The number of rotatable bonds is 4. The van der Waals surface area contributed by atoms with E-state index < -0.39 is 0 Å². The van der Waals surface area contributed by atoms with Crippen molar-refractivity contribution in [2.75, 3.05) is 13.2 Å². The van der Waals surface area contributed by atoms with E-state index in [2.05, 4.69) is 25.2 Å². The Morgan fingerprint density at radius 1 is 1.24 bits per heavy atom. The zero-order valence-corrected chi connectivity index (χ0v) is 12.4. The van der Waals surface area contributed by atoms with Crippen molar-refractivity contribution in [1.29, 1.82) is 0 Å². The molecule has 0 aromatic heterocycles. The third-order valence-corrected chi connectivity index (χ3v) is 4.01. The molecule has 0 saturated heterocycles. The highest BCUT2D eigenvalue weighted by Gasteiger charge is 2.19. The number of para-hydroxylation sites is 1. The molecule has 1 aliphatic heterocycles. The Hall–Kier alpha value is -1.87. The van der Waals surface area contributed by atoms with E-state index in [-0.39, 0.29) is 11.9 Å². The summed E-state index contributed by atoms with van der Waals surface area (Å²) in [6.45, 7) is 5.73. The summed E-state index contributed by atoms with van der Waals surface area (Å²) in [7, 11) is 0. The van der Waals surface area contributed by atoms with E-state index in [1.807, 2.05) is 24.3 Å². The Morgan fingerprint density at radius 2 is 2.10 bits per heavy atom. The molecule has 21 heavy (non-hydrogen) atoms. The van der Waals surface area contributed by atoms with E-state index in [0.717, 1.165) is 35.4 Å². The van der Waals surface area contributed by atoms with Crippen LogP contribution in [0.5, 0.6) is 5.75 Å². The molecule has 3 rings (SSSR count). The van der Waals surface area contributed by atoms with Crippen LogP contribution in [0, 0.1) is 5.82 Å². The normalized spacial score (nSPS) is 14.6. The average Bonchev–Trinajstić information content (AvgIpc) is 2.96. The topological polar surface area (TPSA) is 21.3 Å². The number of benzene rings is 2. The van der Waals surface area contributed by atoms with E-state index in [1.165, 1.54) is 0 Å². The standard InChI is InChI=1S/C18H20FNO/c1-3-20-12(2)14-7-8-17(19)16(11-14)15-6-4-5-13-9-10-21-18(13)15/h4-8,11-12,20H,3,9-10H2,1-2H3. The lowest BCUT2D eigenvalue weighted by atomic mass is 9.97. The first kappa shape index (κ1) is 14.1. The van der Waals surface area contributed by atoms with Crippen LogP contribution in [0.25, 0.3) is 11.1 Å². The van der Waals surface area contributed by atoms with Crippen molar-refractivity contribution in [2.45, 2.75) is 26.3 Å². The molecule has 2 aromatic carbocycles. The van der Waals surface area contributed by atoms with Crippen molar-refractivity contribution in [3.63, 3.8) is 0 Å². The first-order chi connectivity index (χ1) is 10.2. The maximum absolute atomic E-state index is 14.3. The van der Waals surface area contributed by atoms with Crippen LogP contribution in [0.3, 0.4) is 0 Å². The van der Waals surface area contributed by atoms with Crippen LogP contribution < -0.4 is 10.1 Å². The molecule has 110 valence electrons. The van der Waals surface area contributed by atoms with E-state index >= 15 is 0 Å². The smallest absolute Gasteiger partial charge is 0.131 e. The summed E-state index contributed by atoms with van der Waals surface area (Å²) >= 11 is 0. The summed E-state index contributed by atoms with van der Waals surface area (Å²) in [5, 5.41) is 3.36. The van der Waals surface area contributed by atoms with Gasteiger partial charge < -0.3 is 10.1 Å². The van der Waals surface area contributed by atoms with Gasteiger partial charge in [-0.25, -0.2) is 4.39 Å². The van der Waals surface area contributed by atoms with Gasteiger partial charge in [0.2, 0.25) is 0 Å². The Morgan fingerprint density at radius 3 is 2.90 bits per heavy atom. The fourth-order valence-electron chi connectivity index (χ4n) is 2.87. The van der Waals surface area contributed by atoms with Gasteiger partial charge >= 0.3 is 0 Å². The molecule has 0 fully saturated rings. The highest BCUT2D eigenvalue weighted by atomic mass is 19.1. The van der Waals surface area contributed by atoms with E-state index in [4.69, 9.17) is 4.74 Å². The van der Waals surface area contributed by atoms with Crippen molar-refractivity contribution in [1.82, 2.24) is 5.32 Å².